The van der Waals surface area contributed by atoms with Gasteiger partial charge in [-0.3, -0.25) is 9.59 Å². The molecule has 0 unspecified atom stereocenters. The van der Waals surface area contributed by atoms with Gasteiger partial charge in [0.15, 0.2) is 18.3 Å². The van der Waals surface area contributed by atoms with Gasteiger partial charge in [-0.15, -0.1) is 0 Å². The standard InChI is InChI=1S/C21H20N2O4/c1-15-7-9-17(10-8-15)23-19(24)14-26-21(25)12-11-20-22-13-18(27-20)16-5-3-2-4-6-16/h2-10,13H,11-12,14H2,1H3,(H,23,24). The van der Waals surface area contributed by atoms with Gasteiger partial charge in [-0.1, -0.05) is 48.0 Å². The number of amides is 1. The van der Waals surface area contributed by atoms with Crippen molar-refractivity contribution < 1.29 is 18.7 Å². The van der Waals surface area contributed by atoms with Crippen LogP contribution in [-0.4, -0.2) is 23.5 Å². The molecular weight excluding hydrogens is 344 g/mol. The number of esters is 1. The van der Waals surface area contributed by atoms with Crippen molar-refractivity contribution in [2.75, 3.05) is 11.9 Å². The summed E-state index contributed by atoms with van der Waals surface area (Å²) in [7, 11) is 0. The lowest BCUT2D eigenvalue weighted by atomic mass is 10.2. The minimum atomic E-state index is -0.478. The number of ether oxygens (including phenoxy) is 1. The highest BCUT2D eigenvalue weighted by Crippen LogP contribution is 2.20. The molecule has 0 saturated carbocycles. The molecule has 0 spiro atoms. The number of hydrogen-bond acceptors (Lipinski definition) is 5. The van der Waals surface area contributed by atoms with Crippen LogP contribution in [0.3, 0.4) is 0 Å². The molecule has 1 heterocycles. The average Bonchev–Trinajstić information content (AvgIpc) is 3.16. The van der Waals surface area contributed by atoms with E-state index in [9.17, 15) is 9.59 Å². The van der Waals surface area contributed by atoms with Gasteiger partial charge in [0.2, 0.25) is 0 Å². The van der Waals surface area contributed by atoms with Crippen molar-refractivity contribution >= 4 is 17.6 Å². The second kappa shape index (κ2) is 8.80. The van der Waals surface area contributed by atoms with E-state index < -0.39 is 5.97 Å². The SMILES string of the molecule is Cc1ccc(NC(=O)COC(=O)CCc2ncc(-c3ccccc3)o2)cc1. The zero-order chi connectivity index (χ0) is 19.1. The molecule has 0 saturated heterocycles. The summed E-state index contributed by atoms with van der Waals surface area (Å²) in [4.78, 5) is 27.8. The molecule has 1 amide bonds. The van der Waals surface area contributed by atoms with Crippen LogP contribution < -0.4 is 5.32 Å². The fourth-order valence-corrected chi connectivity index (χ4v) is 2.42. The van der Waals surface area contributed by atoms with Crippen LogP contribution >= 0.6 is 0 Å². The summed E-state index contributed by atoms with van der Waals surface area (Å²) >= 11 is 0. The van der Waals surface area contributed by atoms with Crippen molar-refractivity contribution in [1.82, 2.24) is 4.98 Å². The lowest BCUT2D eigenvalue weighted by Crippen LogP contribution is -2.21. The molecule has 0 bridgehead atoms. The Morgan fingerprint density at radius 1 is 1.07 bits per heavy atom. The molecule has 0 aliphatic heterocycles. The number of aromatic nitrogens is 1. The largest absolute Gasteiger partial charge is 0.456 e. The summed E-state index contributed by atoms with van der Waals surface area (Å²) in [6.07, 6.45) is 2.03. The van der Waals surface area contributed by atoms with Crippen molar-refractivity contribution in [1.29, 1.82) is 0 Å². The van der Waals surface area contributed by atoms with Gasteiger partial charge in [-0.05, 0) is 19.1 Å². The molecule has 3 rings (SSSR count). The van der Waals surface area contributed by atoms with E-state index in [-0.39, 0.29) is 18.9 Å². The van der Waals surface area contributed by atoms with Gasteiger partial charge in [-0.2, -0.15) is 0 Å². The summed E-state index contributed by atoms with van der Waals surface area (Å²) in [5, 5.41) is 2.67. The molecule has 0 aliphatic rings. The van der Waals surface area contributed by atoms with E-state index in [0.717, 1.165) is 11.1 Å². The fourth-order valence-electron chi connectivity index (χ4n) is 2.42. The minimum absolute atomic E-state index is 0.0898. The zero-order valence-corrected chi connectivity index (χ0v) is 15.0. The fraction of sp³-hybridized carbons (Fsp3) is 0.190. The van der Waals surface area contributed by atoms with E-state index in [1.54, 1.807) is 18.3 Å². The monoisotopic (exact) mass is 364 g/mol. The quantitative estimate of drug-likeness (QED) is 0.646. The molecule has 6 heteroatoms. The molecule has 0 atom stereocenters. The topological polar surface area (TPSA) is 81.4 Å². The maximum Gasteiger partial charge on any atom is 0.306 e. The van der Waals surface area contributed by atoms with E-state index in [2.05, 4.69) is 10.3 Å². The number of nitrogens with zero attached hydrogens (tertiary/aromatic N) is 1. The Labute approximate surface area is 157 Å². The molecule has 27 heavy (non-hydrogen) atoms. The summed E-state index contributed by atoms with van der Waals surface area (Å²) in [6.45, 7) is 1.64. The van der Waals surface area contributed by atoms with Crippen LogP contribution in [0.4, 0.5) is 5.69 Å². The second-order valence-electron chi connectivity index (χ2n) is 6.06. The maximum atomic E-state index is 11.8. The number of rotatable bonds is 7. The summed E-state index contributed by atoms with van der Waals surface area (Å²) in [6, 6.07) is 17.0. The number of anilines is 1. The lowest BCUT2D eigenvalue weighted by Gasteiger charge is -2.06. The number of aryl methyl sites for hydroxylation is 2. The molecule has 6 nitrogen and oxygen atoms in total. The van der Waals surface area contributed by atoms with Gasteiger partial charge in [0.1, 0.15) is 0 Å². The van der Waals surface area contributed by atoms with Crippen LogP contribution in [0.25, 0.3) is 11.3 Å². The van der Waals surface area contributed by atoms with E-state index in [0.29, 0.717) is 23.8 Å². The Bertz CT molecular complexity index is 901. The van der Waals surface area contributed by atoms with Crippen molar-refractivity contribution in [2.45, 2.75) is 19.8 Å². The highest BCUT2D eigenvalue weighted by atomic mass is 16.5. The third-order valence-corrected chi connectivity index (χ3v) is 3.85. The molecule has 1 N–H and O–H groups in total. The number of nitrogens with one attached hydrogen (secondary N) is 1. The molecular formula is C21H20N2O4. The predicted octanol–water partition coefficient (Wildman–Crippen LogP) is 3.76. The first-order valence-electron chi connectivity index (χ1n) is 8.62. The van der Waals surface area contributed by atoms with Gasteiger partial charge >= 0.3 is 5.97 Å². The normalized spacial score (nSPS) is 10.4. The first-order valence-corrected chi connectivity index (χ1v) is 8.62. The summed E-state index contributed by atoms with van der Waals surface area (Å²) < 4.78 is 10.6. The van der Waals surface area contributed by atoms with E-state index in [1.165, 1.54) is 0 Å². The van der Waals surface area contributed by atoms with Gasteiger partial charge in [0.05, 0.1) is 12.6 Å². The van der Waals surface area contributed by atoms with Gasteiger partial charge < -0.3 is 14.5 Å². The van der Waals surface area contributed by atoms with Crippen LogP contribution in [0.5, 0.6) is 0 Å². The highest BCUT2D eigenvalue weighted by Gasteiger charge is 2.11. The highest BCUT2D eigenvalue weighted by molar-refractivity contribution is 5.92. The molecule has 3 aromatic rings. The second-order valence-corrected chi connectivity index (χ2v) is 6.06. The summed E-state index contributed by atoms with van der Waals surface area (Å²) in [5.41, 5.74) is 2.68. The first-order chi connectivity index (χ1) is 13.1. The van der Waals surface area contributed by atoms with Crippen LogP contribution in [0.15, 0.2) is 65.2 Å². The Kier molecular flexibility index (Phi) is 5.99. The molecule has 0 aliphatic carbocycles. The Hall–Kier alpha value is -3.41. The van der Waals surface area contributed by atoms with Crippen LogP contribution in [0.2, 0.25) is 0 Å². The maximum absolute atomic E-state index is 11.8. The molecule has 0 radical (unpaired) electrons. The van der Waals surface area contributed by atoms with Crippen molar-refractivity contribution in [3.05, 3.63) is 72.2 Å². The molecule has 138 valence electrons. The average molecular weight is 364 g/mol. The molecule has 0 fully saturated rings. The van der Waals surface area contributed by atoms with Gasteiger partial charge in [0, 0.05) is 17.7 Å². The van der Waals surface area contributed by atoms with E-state index in [4.69, 9.17) is 9.15 Å². The molecule has 1 aromatic heterocycles. The van der Waals surface area contributed by atoms with Crippen molar-refractivity contribution in [3.63, 3.8) is 0 Å². The van der Waals surface area contributed by atoms with Crippen LogP contribution in [0, 0.1) is 6.92 Å². The lowest BCUT2D eigenvalue weighted by molar-refractivity contribution is -0.147. The Morgan fingerprint density at radius 3 is 2.56 bits per heavy atom. The Morgan fingerprint density at radius 2 is 1.81 bits per heavy atom. The number of carbonyl (C=O) groups is 2. The van der Waals surface area contributed by atoms with Crippen LogP contribution in [-0.2, 0) is 20.7 Å². The third kappa shape index (κ3) is 5.54. The number of oxazole rings is 1. The smallest absolute Gasteiger partial charge is 0.306 e. The van der Waals surface area contributed by atoms with Crippen molar-refractivity contribution in [2.24, 2.45) is 0 Å². The van der Waals surface area contributed by atoms with E-state index >= 15 is 0 Å². The number of benzene rings is 2. The third-order valence-electron chi connectivity index (χ3n) is 3.85. The Balaban J connectivity index is 1.41. The number of hydrogen-bond donors (Lipinski definition) is 1. The van der Waals surface area contributed by atoms with E-state index in [1.807, 2.05) is 49.4 Å². The van der Waals surface area contributed by atoms with Gasteiger partial charge in [-0.25, -0.2) is 4.98 Å². The number of carbonyl (C=O) groups excluding carboxylic acids is 2. The van der Waals surface area contributed by atoms with Crippen LogP contribution in [0.1, 0.15) is 17.9 Å². The van der Waals surface area contributed by atoms with Gasteiger partial charge in [0.25, 0.3) is 5.91 Å². The zero-order valence-electron chi connectivity index (χ0n) is 15.0. The predicted molar refractivity (Wildman–Crippen MR) is 101 cm³/mol. The minimum Gasteiger partial charge on any atom is -0.456 e. The summed E-state index contributed by atoms with van der Waals surface area (Å²) in [5.74, 6) is 0.245. The first kappa shape index (κ1) is 18.4. The van der Waals surface area contributed by atoms with Crippen molar-refractivity contribution in [3.8, 4) is 11.3 Å². The molecule has 2 aromatic carbocycles.